The zero-order chi connectivity index (χ0) is 11.5. The number of pyridine rings is 1. The molecular weight excluding hydrogens is 210 g/mol. The Morgan fingerprint density at radius 1 is 1.62 bits per heavy atom. The van der Waals surface area contributed by atoms with Crippen molar-refractivity contribution in [3.8, 4) is 11.5 Å². The minimum atomic E-state index is -0.737. The lowest BCUT2D eigenvalue weighted by Crippen LogP contribution is -2.02. The van der Waals surface area contributed by atoms with Crippen LogP contribution in [0.1, 0.15) is 25.3 Å². The van der Waals surface area contributed by atoms with Gasteiger partial charge in [-0.1, -0.05) is 12.1 Å². The predicted molar refractivity (Wildman–Crippen MR) is 55.6 cm³/mol. The lowest BCUT2D eigenvalue weighted by Gasteiger charge is -1.98. The summed E-state index contributed by atoms with van der Waals surface area (Å²) in [6, 6.07) is 3.01. The second-order valence-electron chi connectivity index (χ2n) is 3.32. The molecule has 0 aliphatic rings. The van der Waals surface area contributed by atoms with Crippen molar-refractivity contribution >= 4 is 0 Å². The van der Waals surface area contributed by atoms with Gasteiger partial charge in [-0.2, -0.15) is 4.98 Å². The molecule has 2 rings (SSSR count). The summed E-state index contributed by atoms with van der Waals surface area (Å²) in [5.74, 6) is 0.464. The van der Waals surface area contributed by atoms with Gasteiger partial charge < -0.3 is 14.6 Å². The number of nitrogens with one attached hydrogen (secondary N) is 1. The van der Waals surface area contributed by atoms with E-state index in [1.807, 2.05) is 6.92 Å². The maximum atomic E-state index is 11.1. The fourth-order valence-corrected chi connectivity index (χ4v) is 1.25. The summed E-state index contributed by atoms with van der Waals surface area (Å²) < 4.78 is 4.95. The van der Waals surface area contributed by atoms with Crippen LogP contribution in [0.25, 0.3) is 11.5 Å². The summed E-state index contributed by atoms with van der Waals surface area (Å²) in [6.07, 6.45) is 1.27. The van der Waals surface area contributed by atoms with Crippen LogP contribution in [0.2, 0.25) is 0 Å². The van der Waals surface area contributed by atoms with E-state index in [1.54, 1.807) is 6.07 Å². The number of aliphatic hydroxyl groups excluding tert-OH is 1. The summed E-state index contributed by atoms with van der Waals surface area (Å²) in [7, 11) is 0. The first kappa shape index (κ1) is 10.6. The standard InChI is InChI=1S/C10H11N3O3/c1-2-7(14)9-12-10(16-13-9)6-3-4-11-8(15)5-6/h3-5,7,14H,2H2,1H3,(H,11,15). The van der Waals surface area contributed by atoms with Crippen LogP contribution in [0, 0.1) is 0 Å². The maximum Gasteiger partial charge on any atom is 0.258 e. The molecule has 0 aliphatic carbocycles. The van der Waals surface area contributed by atoms with Crippen molar-refractivity contribution in [1.29, 1.82) is 0 Å². The molecule has 0 spiro atoms. The van der Waals surface area contributed by atoms with Crippen LogP contribution in [0.3, 0.4) is 0 Å². The van der Waals surface area contributed by atoms with E-state index in [1.165, 1.54) is 12.3 Å². The van der Waals surface area contributed by atoms with Crippen LogP contribution >= 0.6 is 0 Å². The van der Waals surface area contributed by atoms with E-state index in [9.17, 15) is 9.90 Å². The normalized spacial score (nSPS) is 12.6. The molecular formula is C10H11N3O3. The number of H-pyrrole nitrogens is 1. The van der Waals surface area contributed by atoms with E-state index >= 15 is 0 Å². The molecule has 16 heavy (non-hydrogen) atoms. The third kappa shape index (κ3) is 2.01. The summed E-state index contributed by atoms with van der Waals surface area (Å²) in [5.41, 5.74) is 0.291. The summed E-state index contributed by atoms with van der Waals surface area (Å²) in [5, 5.41) is 13.1. The number of hydrogen-bond acceptors (Lipinski definition) is 5. The van der Waals surface area contributed by atoms with Gasteiger partial charge in [0.2, 0.25) is 11.4 Å². The van der Waals surface area contributed by atoms with Gasteiger partial charge in [0.05, 0.1) is 0 Å². The molecule has 0 fully saturated rings. The topological polar surface area (TPSA) is 92.0 Å². The molecule has 2 aromatic rings. The summed E-state index contributed by atoms with van der Waals surface area (Å²) in [6.45, 7) is 1.81. The lowest BCUT2D eigenvalue weighted by atomic mass is 10.2. The quantitative estimate of drug-likeness (QED) is 0.802. The Bertz CT molecular complexity index is 532. The first-order valence-corrected chi connectivity index (χ1v) is 4.91. The van der Waals surface area contributed by atoms with Crippen molar-refractivity contribution in [3.63, 3.8) is 0 Å². The number of rotatable bonds is 3. The van der Waals surface area contributed by atoms with E-state index in [0.29, 0.717) is 12.0 Å². The minimum Gasteiger partial charge on any atom is -0.385 e. The van der Waals surface area contributed by atoms with Gasteiger partial charge >= 0.3 is 0 Å². The third-order valence-corrected chi connectivity index (χ3v) is 2.15. The molecule has 2 heterocycles. The second-order valence-corrected chi connectivity index (χ2v) is 3.32. The second kappa shape index (κ2) is 4.28. The molecule has 0 radical (unpaired) electrons. The SMILES string of the molecule is CCC(O)c1noc(-c2cc[nH]c(=O)c2)n1. The lowest BCUT2D eigenvalue weighted by molar-refractivity contribution is 0.159. The van der Waals surface area contributed by atoms with Gasteiger partial charge in [0.25, 0.3) is 5.89 Å². The molecule has 1 atom stereocenters. The third-order valence-electron chi connectivity index (χ3n) is 2.15. The van der Waals surface area contributed by atoms with Gasteiger partial charge in [-0.05, 0) is 12.5 Å². The Balaban J connectivity index is 2.35. The molecule has 2 aromatic heterocycles. The Morgan fingerprint density at radius 2 is 2.44 bits per heavy atom. The molecule has 0 saturated heterocycles. The van der Waals surface area contributed by atoms with Crippen LogP contribution in [-0.2, 0) is 0 Å². The Kier molecular flexibility index (Phi) is 2.82. The molecule has 2 N–H and O–H groups in total. The van der Waals surface area contributed by atoms with Crippen LogP contribution in [0.15, 0.2) is 27.6 Å². The molecule has 0 amide bonds. The molecule has 84 valence electrons. The highest BCUT2D eigenvalue weighted by atomic mass is 16.5. The Labute approximate surface area is 90.9 Å². The molecule has 0 saturated carbocycles. The highest BCUT2D eigenvalue weighted by molar-refractivity contribution is 5.51. The first-order valence-electron chi connectivity index (χ1n) is 4.91. The van der Waals surface area contributed by atoms with Gasteiger partial charge in [-0.3, -0.25) is 4.79 Å². The largest absolute Gasteiger partial charge is 0.385 e. The summed E-state index contributed by atoms with van der Waals surface area (Å²) >= 11 is 0. The zero-order valence-corrected chi connectivity index (χ0v) is 8.67. The van der Waals surface area contributed by atoms with Crippen molar-refractivity contribution in [2.45, 2.75) is 19.4 Å². The highest BCUT2D eigenvalue weighted by Gasteiger charge is 2.14. The fourth-order valence-electron chi connectivity index (χ4n) is 1.25. The van der Waals surface area contributed by atoms with Crippen LogP contribution in [0.4, 0.5) is 0 Å². The molecule has 6 nitrogen and oxygen atoms in total. The smallest absolute Gasteiger partial charge is 0.258 e. The van der Waals surface area contributed by atoms with E-state index < -0.39 is 6.10 Å². The van der Waals surface area contributed by atoms with Gasteiger partial charge in [0.15, 0.2) is 0 Å². The van der Waals surface area contributed by atoms with Crippen molar-refractivity contribution in [2.24, 2.45) is 0 Å². The van der Waals surface area contributed by atoms with Gasteiger partial charge in [0.1, 0.15) is 6.10 Å². The van der Waals surface area contributed by atoms with E-state index in [4.69, 9.17) is 4.52 Å². The molecule has 1 unspecified atom stereocenters. The number of hydrogen-bond donors (Lipinski definition) is 2. The van der Waals surface area contributed by atoms with E-state index in [2.05, 4.69) is 15.1 Å². The number of aromatic nitrogens is 3. The van der Waals surface area contributed by atoms with Gasteiger partial charge in [-0.15, -0.1) is 0 Å². The highest BCUT2D eigenvalue weighted by Crippen LogP contribution is 2.18. The average Bonchev–Trinajstić information content (AvgIpc) is 2.77. The average molecular weight is 221 g/mol. The van der Waals surface area contributed by atoms with Crippen molar-refractivity contribution in [1.82, 2.24) is 15.1 Å². The minimum absolute atomic E-state index is 0.230. The maximum absolute atomic E-state index is 11.1. The van der Waals surface area contributed by atoms with E-state index in [-0.39, 0.29) is 17.3 Å². The molecule has 6 heteroatoms. The number of aliphatic hydroxyl groups is 1. The summed E-state index contributed by atoms with van der Waals surface area (Å²) in [4.78, 5) is 17.6. The fraction of sp³-hybridized carbons (Fsp3) is 0.300. The van der Waals surface area contributed by atoms with Crippen LogP contribution in [-0.4, -0.2) is 20.2 Å². The molecule has 0 bridgehead atoms. The first-order chi connectivity index (χ1) is 7.70. The van der Waals surface area contributed by atoms with Crippen LogP contribution in [0.5, 0.6) is 0 Å². The van der Waals surface area contributed by atoms with Gasteiger partial charge in [-0.25, -0.2) is 0 Å². The van der Waals surface area contributed by atoms with Crippen LogP contribution < -0.4 is 5.56 Å². The van der Waals surface area contributed by atoms with Crippen molar-refractivity contribution < 1.29 is 9.63 Å². The predicted octanol–water partition coefficient (Wildman–Crippen LogP) is 0.868. The zero-order valence-electron chi connectivity index (χ0n) is 8.67. The van der Waals surface area contributed by atoms with Crippen molar-refractivity contribution in [3.05, 3.63) is 34.5 Å². The number of aromatic amines is 1. The van der Waals surface area contributed by atoms with Crippen molar-refractivity contribution in [2.75, 3.05) is 0 Å². The molecule has 0 aromatic carbocycles. The monoisotopic (exact) mass is 221 g/mol. The van der Waals surface area contributed by atoms with Gasteiger partial charge in [0, 0.05) is 17.8 Å². The molecule has 0 aliphatic heterocycles. The van der Waals surface area contributed by atoms with E-state index in [0.717, 1.165) is 0 Å². The number of nitrogens with zero attached hydrogens (tertiary/aromatic N) is 2. The Hall–Kier alpha value is -1.95. The Morgan fingerprint density at radius 3 is 3.12 bits per heavy atom.